The van der Waals surface area contributed by atoms with Gasteiger partial charge in [-0.2, -0.15) is 0 Å². The number of aliphatic imine (C=N–C) groups is 1. The van der Waals surface area contributed by atoms with Crippen LogP contribution in [0.5, 0.6) is 0 Å². The molecule has 0 aromatic heterocycles. The normalized spacial score (nSPS) is 21.3. The zero-order chi connectivity index (χ0) is 15.9. The van der Waals surface area contributed by atoms with Gasteiger partial charge in [-0.25, -0.2) is 0 Å². The Morgan fingerprint density at radius 1 is 1.33 bits per heavy atom. The Hall–Kier alpha value is -0.0200. The molecule has 1 fully saturated rings. The van der Waals surface area contributed by atoms with E-state index in [2.05, 4.69) is 42.9 Å². The number of hydrogen-bond acceptors (Lipinski definition) is 6. The molecule has 0 bridgehead atoms. The van der Waals surface area contributed by atoms with Gasteiger partial charge in [0.05, 0.1) is 5.41 Å². The number of hydrogen-bond donors (Lipinski definition) is 0. The van der Waals surface area contributed by atoms with E-state index in [9.17, 15) is 4.79 Å². The van der Waals surface area contributed by atoms with E-state index in [1.54, 1.807) is 0 Å². The van der Waals surface area contributed by atoms with E-state index in [0.717, 1.165) is 12.4 Å². The summed E-state index contributed by atoms with van der Waals surface area (Å²) in [4.78, 5) is 16.5. The highest BCUT2D eigenvalue weighted by atomic mass is 127. The molecule has 2 aliphatic heterocycles. The van der Waals surface area contributed by atoms with Crippen molar-refractivity contribution in [2.24, 2.45) is 10.4 Å². The number of nitrogens with zero attached hydrogens (tertiary/aromatic N) is 2. The van der Waals surface area contributed by atoms with Crippen LogP contribution in [0.2, 0.25) is 0 Å². The molecule has 0 radical (unpaired) electrons. The van der Waals surface area contributed by atoms with Gasteiger partial charge in [0.15, 0.2) is 0 Å². The van der Waals surface area contributed by atoms with E-state index >= 15 is 0 Å². The standard InChI is InChI=1S/C9H15IN2OS.C5H10O2/c1-12-6-3-9(4-7-12)2-5-11-8(9)13-14-10;1-5(2,3)7-4-6/h2-7H2,1H3;4H,1-3H3. The zero-order valence-corrected chi connectivity index (χ0v) is 16.2. The second kappa shape index (κ2) is 8.57. The summed E-state index contributed by atoms with van der Waals surface area (Å²) in [6.07, 6.45) is 3.60. The van der Waals surface area contributed by atoms with Crippen molar-refractivity contribution in [3.05, 3.63) is 0 Å². The van der Waals surface area contributed by atoms with E-state index in [4.69, 9.17) is 4.18 Å². The maximum atomic E-state index is 9.60. The minimum Gasteiger partial charge on any atom is -0.462 e. The average Bonchev–Trinajstić information content (AvgIpc) is 2.76. The number of ether oxygens (including phenoxy) is 1. The molecule has 2 rings (SSSR count). The van der Waals surface area contributed by atoms with Crippen LogP contribution in [0.15, 0.2) is 4.99 Å². The highest BCUT2D eigenvalue weighted by Gasteiger charge is 2.43. The van der Waals surface area contributed by atoms with Crippen LogP contribution >= 0.6 is 30.4 Å². The topological polar surface area (TPSA) is 51.1 Å². The van der Waals surface area contributed by atoms with Gasteiger partial charge in [0.2, 0.25) is 5.90 Å². The van der Waals surface area contributed by atoms with Crippen molar-refractivity contribution in [2.75, 3.05) is 26.7 Å². The van der Waals surface area contributed by atoms with Gasteiger partial charge in [0.25, 0.3) is 6.47 Å². The maximum absolute atomic E-state index is 9.60. The lowest BCUT2D eigenvalue weighted by Crippen LogP contribution is -2.41. The molecule has 0 saturated carbocycles. The molecule has 0 unspecified atom stereocenters. The summed E-state index contributed by atoms with van der Waals surface area (Å²) in [5.41, 5.74) is -0.0353. The Balaban J connectivity index is 0.000000270. The molecular formula is C14H25IN2O3S. The van der Waals surface area contributed by atoms with Crippen LogP contribution in [0.1, 0.15) is 40.0 Å². The molecule has 0 aromatic carbocycles. The van der Waals surface area contributed by atoms with E-state index in [-0.39, 0.29) is 11.0 Å². The van der Waals surface area contributed by atoms with Crippen molar-refractivity contribution >= 4 is 42.8 Å². The number of carbonyl (C=O) groups is 1. The predicted octanol–water partition coefficient (Wildman–Crippen LogP) is 3.47. The SMILES string of the molecule is CC(C)(C)OC=O.CN1CCC2(CCN=C2OSI)CC1. The minimum absolute atomic E-state index is 0.282. The van der Waals surface area contributed by atoms with E-state index in [1.165, 1.54) is 41.6 Å². The van der Waals surface area contributed by atoms with Crippen molar-refractivity contribution in [1.82, 2.24) is 4.90 Å². The van der Waals surface area contributed by atoms with Crippen molar-refractivity contribution in [2.45, 2.75) is 45.6 Å². The van der Waals surface area contributed by atoms with Gasteiger partial charge >= 0.3 is 0 Å². The molecule has 1 saturated heterocycles. The third-order valence-electron chi connectivity index (χ3n) is 3.76. The number of rotatable bonds is 2. The van der Waals surface area contributed by atoms with Gasteiger partial charge in [-0.15, -0.1) is 0 Å². The molecule has 0 aromatic rings. The van der Waals surface area contributed by atoms with Crippen LogP contribution in [0.25, 0.3) is 0 Å². The first kappa shape index (κ1) is 19.0. The summed E-state index contributed by atoms with van der Waals surface area (Å²) in [6, 6.07) is 0. The van der Waals surface area contributed by atoms with Crippen LogP contribution in [-0.2, 0) is 13.7 Å². The first-order valence-corrected chi connectivity index (χ1v) is 10.4. The molecule has 2 aliphatic rings. The molecule has 0 N–H and O–H groups in total. The maximum Gasteiger partial charge on any atom is 0.293 e. The average molecular weight is 428 g/mol. The lowest BCUT2D eigenvalue weighted by molar-refractivity contribution is -0.138. The Morgan fingerprint density at radius 3 is 2.38 bits per heavy atom. The fourth-order valence-electron chi connectivity index (χ4n) is 2.45. The molecule has 0 atom stereocenters. The van der Waals surface area contributed by atoms with Gasteiger partial charge in [0, 0.05) is 27.8 Å². The van der Waals surface area contributed by atoms with Crippen LogP contribution in [-0.4, -0.2) is 49.6 Å². The number of likely N-dealkylation sites (tertiary alicyclic amines) is 1. The number of halogens is 1. The second-order valence-electron chi connectivity index (χ2n) is 6.49. The van der Waals surface area contributed by atoms with E-state index in [0.29, 0.717) is 6.47 Å². The summed E-state index contributed by atoms with van der Waals surface area (Å²) in [6.45, 7) is 9.23. The molecule has 21 heavy (non-hydrogen) atoms. The molecule has 2 heterocycles. The van der Waals surface area contributed by atoms with Gasteiger partial charge in [-0.3, -0.25) is 9.79 Å². The van der Waals surface area contributed by atoms with Gasteiger partial charge < -0.3 is 13.8 Å². The third-order valence-corrected chi connectivity index (χ3v) is 4.52. The number of carbonyl (C=O) groups excluding carboxylic acids is 1. The Bertz CT molecular complexity index is 364. The lowest BCUT2D eigenvalue weighted by Gasteiger charge is -2.37. The van der Waals surface area contributed by atoms with Crippen molar-refractivity contribution < 1.29 is 13.7 Å². The Labute approximate surface area is 144 Å². The van der Waals surface area contributed by atoms with Crippen LogP contribution in [0, 0.1) is 5.41 Å². The van der Waals surface area contributed by atoms with Crippen LogP contribution in [0.3, 0.4) is 0 Å². The first-order chi connectivity index (χ1) is 9.83. The van der Waals surface area contributed by atoms with Crippen LogP contribution in [0.4, 0.5) is 0 Å². The molecule has 5 nitrogen and oxygen atoms in total. The third kappa shape index (κ3) is 6.32. The van der Waals surface area contributed by atoms with Gasteiger partial charge in [0.1, 0.15) is 14.8 Å². The Morgan fingerprint density at radius 2 is 1.95 bits per heavy atom. The molecule has 0 aliphatic carbocycles. The second-order valence-corrected chi connectivity index (χ2v) is 7.86. The van der Waals surface area contributed by atoms with Crippen LogP contribution < -0.4 is 0 Å². The molecular weight excluding hydrogens is 403 g/mol. The first-order valence-electron chi connectivity index (χ1n) is 7.13. The fourth-order valence-corrected chi connectivity index (χ4v) is 3.25. The molecule has 122 valence electrons. The summed E-state index contributed by atoms with van der Waals surface area (Å²) in [5, 5.41) is 0. The quantitative estimate of drug-likeness (QED) is 0.383. The lowest BCUT2D eigenvalue weighted by atomic mass is 9.77. The highest BCUT2D eigenvalue weighted by Crippen LogP contribution is 2.41. The number of piperidine rings is 1. The summed E-state index contributed by atoms with van der Waals surface area (Å²) < 4.78 is 10.1. The summed E-state index contributed by atoms with van der Waals surface area (Å²) in [7, 11) is 3.58. The minimum atomic E-state index is -0.318. The Kier molecular flexibility index (Phi) is 7.77. The summed E-state index contributed by atoms with van der Waals surface area (Å²) >= 11 is 2.16. The van der Waals surface area contributed by atoms with Crippen molar-refractivity contribution in [3.8, 4) is 0 Å². The van der Waals surface area contributed by atoms with Crippen molar-refractivity contribution in [3.63, 3.8) is 0 Å². The monoisotopic (exact) mass is 428 g/mol. The fraction of sp³-hybridized carbons (Fsp3) is 0.857. The van der Waals surface area contributed by atoms with Gasteiger partial charge in [-0.05, 0) is 60.2 Å². The van der Waals surface area contributed by atoms with E-state index < -0.39 is 0 Å². The van der Waals surface area contributed by atoms with Gasteiger partial charge in [-0.1, -0.05) is 0 Å². The zero-order valence-electron chi connectivity index (χ0n) is 13.2. The smallest absolute Gasteiger partial charge is 0.293 e. The molecule has 1 spiro atoms. The molecule has 0 amide bonds. The molecule has 7 heteroatoms. The predicted molar refractivity (Wildman–Crippen MR) is 95.7 cm³/mol. The van der Waals surface area contributed by atoms with Crippen molar-refractivity contribution in [1.29, 1.82) is 0 Å². The largest absolute Gasteiger partial charge is 0.462 e. The highest BCUT2D eigenvalue weighted by molar-refractivity contribution is 14.2. The summed E-state index contributed by atoms with van der Waals surface area (Å²) in [5.74, 6) is 1.00. The van der Waals surface area contributed by atoms with E-state index in [1.807, 2.05) is 20.8 Å².